The lowest BCUT2D eigenvalue weighted by molar-refractivity contribution is 0.0142. The first-order valence-corrected chi connectivity index (χ1v) is 11.7. The van der Waals surface area contributed by atoms with Gasteiger partial charge in [0.15, 0.2) is 0 Å². The van der Waals surface area contributed by atoms with Gasteiger partial charge in [0.2, 0.25) is 0 Å². The monoisotopic (exact) mass is 395 g/mol. The summed E-state index contributed by atoms with van der Waals surface area (Å²) in [4.78, 5) is 13.1. The highest BCUT2D eigenvalue weighted by Crippen LogP contribution is 2.32. The molecule has 0 spiro atoms. The Balaban J connectivity index is 1.39. The maximum Gasteiger partial charge on any atom is 0.0558 e. The largest absolute Gasteiger partial charge is 0.395 e. The summed E-state index contributed by atoms with van der Waals surface area (Å²) in [5.74, 6) is 0.773. The van der Waals surface area contributed by atoms with Gasteiger partial charge in [0, 0.05) is 90.1 Å². The van der Waals surface area contributed by atoms with E-state index < -0.39 is 0 Å². The predicted octanol–water partition coefficient (Wildman–Crippen LogP) is 0.723. The van der Waals surface area contributed by atoms with E-state index in [0.29, 0.717) is 6.04 Å². The first-order chi connectivity index (χ1) is 13.4. The molecule has 0 bridgehead atoms. The lowest BCUT2D eigenvalue weighted by Crippen LogP contribution is -2.58. The van der Waals surface area contributed by atoms with Gasteiger partial charge in [0.05, 0.1) is 6.61 Å². The maximum atomic E-state index is 9.16. The van der Waals surface area contributed by atoms with E-state index in [-0.39, 0.29) is 12.1 Å². The summed E-state index contributed by atoms with van der Waals surface area (Å²) in [6.07, 6.45) is 1.34. The van der Waals surface area contributed by atoms with E-state index >= 15 is 0 Å². The zero-order chi connectivity index (χ0) is 20.1. The molecule has 3 aliphatic rings. The number of hydrogen-bond acceptors (Lipinski definition) is 6. The maximum absolute atomic E-state index is 9.16. The molecule has 3 fully saturated rings. The third-order valence-electron chi connectivity index (χ3n) is 7.74. The molecule has 1 atom stereocenters. The van der Waals surface area contributed by atoms with Gasteiger partial charge >= 0.3 is 0 Å². The Labute approximate surface area is 173 Å². The third-order valence-corrected chi connectivity index (χ3v) is 7.74. The Morgan fingerprint density at radius 3 is 1.96 bits per heavy atom. The van der Waals surface area contributed by atoms with E-state index in [1.807, 2.05) is 0 Å². The Bertz CT molecular complexity index is 456. The average molecular weight is 396 g/mol. The zero-order valence-corrected chi connectivity index (χ0v) is 18.9. The molecule has 164 valence electrons. The summed E-state index contributed by atoms with van der Waals surface area (Å²) in [6, 6.07) is 0.689. The van der Waals surface area contributed by atoms with Gasteiger partial charge in [-0.1, -0.05) is 0 Å². The predicted molar refractivity (Wildman–Crippen MR) is 117 cm³/mol. The molecule has 1 unspecified atom stereocenters. The van der Waals surface area contributed by atoms with Gasteiger partial charge < -0.3 is 10.0 Å². The van der Waals surface area contributed by atoms with Crippen molar-refractivity contribution < 1.29 is 5.11 Å². The molecule has 0 aromatic carbocycles. The third kappa shape index (κ3) is 5.67. The van der Waals surface area contributed by atoms with Crippen LogP contribution in [0.15, 0.2) is 0 Å². The van der Waals surface area contributed by atoms with Gasteiger partial charge in [-0.15, -0.1) is 0 Å². The number of aliphatic hydroxyl groups excluding tert-OH is 1. The fraction of sp³-hybridized carbons (Fsp3) is 1.00. The van der Waals surface area contributed by atoms with Crippen LogP contribution in [0, 0.1) is 5.92 Å². The Hall–Kier alpha value is -0.240. The van der Waals surface area contributed by atoms with Gasteiger partial charge in [-0.25, -0.2) is 0 Å². The van der Waals surface area contributed by atoms with E-state index in [0.717, 1.165) is 38.6 Å². The van der Waals surface area contributed by atoms with Crippen LogP contribution in [0.5, 0.6) is 0 Å². The molecule has 0 aromatic rings. The molecule has 3 heterocycles. The summed E-state index contributed by atoms with van der Waals surface area (Å²) in [5, 5.41) is 9.16. The summed E-state index contributed by atoms with van der Waals surface area (Å²) in [7, 11) is 0. The molecule has 28 heavy (non-hydrogen) atoms. The number of rotatable bonds is 8. The molecule has 3 saturated heterocycles. The minimum atomic E-state index is 0.281. The highest BCUT2D eigenvalue weighted by Gasteiger charge is 2.40. The fourth-order valence-electron chi connectivity index (χ4n) is 5.35. The molecule has 3 rings (SSSR count). The Morgan fingerprint density at radius 2 is 1.36 bits per heavy atom. The van der Waals surface area contributed by atoms with E-state index in [4.69, 9.17) is 5.11 Å². The summed E-state index contributed by atoms with van der Waals surface area (Å²) in [6.45, 7) is 25.1. The van der Waals surface area contributed by atoms with Crippen molar-refractivity contribution in [1.82, 2.24) is 24.5 Å². The molecular weight excluding hydrogens is 350 g/mol. The lowest BCUT2D eigenvalue weighted by Gasteiger charge is -2.47. The topological polar surface area (TPSA) is 36.4 Å². The molecule has 0 amide bonds. The minimum absolute atomic E-state index is 0.281. The second-order valence-corrected chi connectivity index (χ2v) is 9.96. The van der Waals surface area contributed by atoms with E-state index in [1.54, 1.807) is 0 Å². The second kappa shape index (κ2) is 10.2. The summed E-state index contributed by atoms with van der Waals surface area (Å²) in [5.41, 5.74) is 0.281. The summed E-state index contributed by atoms with van der Waals surface area (Å²) < 4.78 is 0. The lowest BCUT2D eigenvalue weighted by atomic mass is 9.84. The van der Waals surface area contributed by atoms with Crippen LogP contribution in [-0.2, 0) is 0 Å². The van der Waals surface area contributed by atoms with E-state index in [1.165, 1.54) is 58.8 Å². The highest BCUT2D eigenvalue weighted by atomic mass is 16.3. The van der Waals surface area contributed by atoms with Crippen LogP contribution in [-0.4, -0.2) is 133 Å². The molecule has 6 heteroatoms. The van der Waals surface area contributed by atoms with Gasteiger partial charge in [-0.2, -0.15) is 0 Å². The van der Waals surface area contributed by atoms with E-state index in [2.05, 4.69) is 52.2 Å². The molecular formula is C22H45N5O. The molecule has 3 aliphatic heterocycles. The number of hydrogen-bond donors (Lipinski definition) is 1. The van der Waals surface area contributed by atoms with Gasteiger partial charge in [-0.3, -0.25) is 19.6 Å². The van der Waals surface area contributed by atoms with Crippen molar-refractivity contribution in [3.63, 3.8) is 0 Å². The van der Waals surface area contributed by atoms with Crippen LogP contribution < -0.4 is 0 Å². The average Bonchev–Trinajstić information content (AvgIpc) is 3.17. The number of nitrogens with zero attached hydrogens (tertiary/aromatic N) is 5. The van der Waals surface area contributed by atoms with Crippen LogP contribution in [0.4, 0.5) is 0 Å². The van der Waals surface area contributed by atoms with Crippen molar-refractivity contribution in [3.05, 3.63) is 0 Å². The second-order valence-electron chi connectivity index (χ2n) is 9.96. The van der Waals surface area contributed by atoms with Crippen molar-refractivity contribution in [2.45, 2.75) is 45.7 Å². The van der Waals surface area contributed by atoms with Crippen LogP contribution >= 0.6 is 0 Å². The number of likely N-dealkylation sites (tertiary alicyclic amines) is 1. The van der Waals surface area contributed by atoms with Gasteiger partial charge in [-0.05, 0) is 46.6 Å². The zero-order valence-electron chi connectivity index (χ0n) is 18.9. The quantitative estimate of drug-likeness (QED) is 0.653. The first kappa shape index (κ1) is 22.4. The van der Waals surface area contributed by atoms with Gasteiger partial charge in [0.1, 0.15) is 0 Å². The number of aliphatic hydroxyl groups is 1. The number of β-amino-alcohol motifs (C(OH)–C–C–N with tert-alkyl or cyclic N) is 1. The van der Waals surface area contributed by atoms with Crippen LogP contribution in [0.2, 0.25) is 0 Å². The smallest absolute Gasteiger partial charge is 0.0558 e. The number of piperazine rings is 2. The first-order valence-electron chi connectivity index (χ1n) is 11.7. The fourth-order valence-corrected chi connectivity index (χ4v) is 5.35. The van der Waals surface area contributed by atoms with Crippen molar-refractivity contribution >= 4 is 0 Å². The van der Waals surface area contributed by atoms with Crippen LogP contribution in [0.1, 0.15) is 34.1 Å². The molecule has 0 aromatic heterocycles. The SMILES string of the molecule is CC(C)N1CCN(CCN2CCC(C(C)(C)N3CCN(CCO)CC3)C2)CC1. The van der Waals surface area contributed by atoms with Crippen molar-refractivity contribution in [2.24, 2.45) is 5.92 Å². The molecule has 0 saturated carbocycles. The Morgan fingerprint density at radius 1 is 0.786 bits per heavy atom. The minimum Gasteiger partial charge on any atom is -0.395 e. The Kier molecular flexibility index (Phi) is 8.16. The van der Waals surface area contributed by atoms with E-state index in [9.17, 15) is 0 Å². The standard InChI is InChI=1S/C22H45N5O/c1-20(2)26-13-9-23(10-14-26)7-8-25-6-5-21(19-25)22(3,4)27-15-11-24(12-16-27)17-18-28/h20-21,28H,5-19H2,1-4H3. The molecule has 1 N–H and O–H groups in total. The molecule has 0 radical (unpaired) electrons. The van der Waals surface area contributed by atoms with Gasteiger partial charge in [0.25, 0.3) is 0 Å². The summed E-state index contributed by atoms with van der Waals surface area (Å²) >= 11 is 0. The van der Waals surface area contributed by atoms with Crippen molar-refractivity contribution in [3.8, 4) is 0 Å². The van der Waals surface area contributed by atoms with Crippen molar-refractivity contribution in [2.75, 3.05) is 91.7 Å². The molecule has 0 aliphatic carbocycles. The van der Waals surface area contributed by atoms with Crippen LogP contribution in [0.25, 0.3) is 0 Å². The van der Waals surface area contributed by atoms with Crippen molar-refractivity contribution in [1.29, 1.82) is 0 Å². The highest BCUT2D eigenvalue weighted by molar-refractivity contribution is 4.95. The normalized spacial score (nSPS) is 27.9. The van der Waals surface area contributed by atoms with Crippen LogP contribution in [0.3, 0.4) is 0 Å². The molecule has 6 nitrogen and oxygen atoms in total.